The predicted octanol–water partition coefficient (Wildman–Crippen LogP) is 2.33. The molecule has 27 heavy (non-hydrogen) atoms. The average molecular weight is 370 g/mol. The van der Waals surface area contributed by atoms with Crippen LogP contribution in [0.5, 0.6) is 5.75 Å². The van der Waals surface area contributed by atoms with Crippen LogP contribution in [-0.2, 0) is 9.59 Å². The molecule has 1 N–H and O–H groups in total. The summed E-state index contributed by atoms with van der Waals surface area (Å²) < 4.78 is 18.6. The molecule has 0 spiro atoms. The standard InChI is InChI=1S/C20H19FN2O4/c1-22-20(26)18-12-23(15-4-2-3-5-17(15)27-18)19(25)11-10-16(24)13-6-8-14(21)9-7-13/h2-9,18H,10-12H2,1H3,(H,22,26)/t18-/m1/s1. The zero-order valence-electron chi connectivity index (χ0n) is 14.8. The maximum absolute atomic E-state index is 13.0. The van der Waals surface area contributed by atoms with Gasteiger partial charge in [0.25, 0.3) is 5.91 Å². The molecule has 0 aromatic heterocycles. The number of Topliss-reactive ketones (excluding diaryl/α,β-unsaturated/α-hetero) is 1. The van der Waals surface area contributed by atoms with Crippen LogP contribution in [0.3, 0.4) is 0 Å². The molecule has 1 aliphatic rings. The van der Waals surface area contributed by atoms with E-state index in [2.05, 4.69) is 5.32 Å². The lowest BCUT2D eigenvalue weighted by atomic mass is 10.1. The lowest BCUT2D eigenvalue weighted by Gasteiger charge is -2.34. The number of hydrogen-bond acceptors (Lipinski definition) is 4. The molecule has 0 fully saturated rings. The van der Waals surface area contributed by atoms with Crippen molar-refractivity contribution in [1.29, 1.82) is 0 Å². The molecule has 1 heterocycles. The van der Waals surface area contributed by atoms with Crippen molar-refractivity contribution < 1.29 is 23.5 Å². The number of ketones is 1. The predicted molar refractivity (Wildman–Crippen MR) is 97.2 cm³/mol. The third kappa shape index (κ3) is 4.13. The Bertz CT molecular complexity index is 867. The van der Waals surface area contributed by atoms with Crippen LogP contribution in [0, 0.1) is 5.82 Å². The molecular formula is C20H19FN2O4. The minimum atomic E-state index is -0.818. The third-order valence-electron chi connectivity index (χ3n) is 4.35. The van der Waals surface area contributed by atoms with E-state index in [0.29, 0.717) is 17.0 Å². The van der Waals surface area contributed by atoms with E-state index < -0.39 is 11.9 Å². The van der Waals surface area contributed by atoms with Gasteiger partial charge in [-0.3, -0.25) is 14.4 Å². The Balaban J connectivity index is 1.72. The maximum atomic E-state index is 13.0. The van der Waals surface area contributed by atoms with Crippen molar-refractivity contribution in [3.05, 3.63) is 59.9 Å². The van der Waals surface area contributed by atoms with Gasteiger partial charge in [0.05, 0.1) is 12.2 Å². The van der Waals surface area contributed by atoms with Gasteiger partial charge in [0.1, 0.15) is 11.6 Å². The number of likely N-dealkylation sites (N-methyl/N-ethyl adjacent to an activating group) is 1. The van der Waals surface area contributed by atoms with E-state index in [-0.39, 0.29) is 37.0 Å². The molecule has 2 amide bonds. The van der Waals surface area contributed by atoms with E-state index in [1.807, 2.05) is 0 Å². The van der Waals surface area contributed by atoms with Crippen LogP contribution in [-0.4, -0.2) is 37.3 Å². The number of amides is 2. The number of halogens is 1. The third-order valence-corrected chi connectivity index (χ3v) is 4.35. The number of anilines is 1. The zero-order valence-corrected chi connectivity index (χ0v) is 14.8. The van der Waals surface area contributed by atoms with Crippen LogP contribution < -0.4 is 15.0 Å². The van der Waals surface area contributed by atoms with Gasteiger partial charge in [0, 0.05) is 25.5 Å². The van der Waals surface area contributed by atoms with Gasteiger partial charge in [-0.15, -0.1) is 0 Å². The Morgan fingerprint density at radius 1 is 1.11 bits per heavy atom. The molecule has 0 bridgehead atoms. The highest BCUT2D eigenvalue weighted by molar-refractivity contribution is 6.02. The summed E-state index contributed by atoms with van der Waals surface area (Å²) in [5.74, 6) is -0.837. The Kier molecular flexibility index (Phi) is 5.49. The van der Waals surface area contributed by atoms with E-state index in [1.54, 1.807) is 24.3 Å². The summed E-state index contributed by atoms with van der Waals surface area (Å²) in [6.45, 7) is 0.0697. The summed E-state index contributed by atoms with van der Waals surface area (Å²) in [5, 5.41) is 2.51. The molecule has 1 aliphatic heterocycles. The second-order valence-corrected chi connectivity index (χ2v) is 6.12. The van der Waals surface area contributed by atoms with E-state index in [0.717, 1.165) is 0 Å². The van der Waals surface area contributed by atoms with Crippen molar-refractivity contribution in [1.82, 2.24) is 5.32 Å². The summed E-state index contributed by atoms with van der Waals surface area (Å²) in [4.78, 5) is 38.4. The number of benzene rings is 2. The quantitative estimate of drug-likeness (QED) is 0.820. The fourth-order valence-electron chi connectivity index (χ4n) is 2.90. The smallest absolute Gasteiger partial charge is 0.262 e. The number of nitrogens with one attached hydrogen (secondary N) is 1. The van der Waals surface area contributed by atoms with Crippen LogP contribution in [0.15, 0.2) is 48.5 Å². The normalized spacial score (nSPS) is 15.5. The minimum Gasteiger partial charge on any atom is -0.477 e. The van der Waals surface area contributed by atoms with Gasteiger partial charge < -0.3 is 15.0 Å². The van der Waals surface area contributed by atoms with Crippen LogP contribution >= 0.6 is 0 Å². The molecule has 7 heteroatoms. The zero-order chi connectivity index (χ0) is 19.4. The van der Waals surface area contributed by atoms with Gasteiger partial charge in [0.15, 0.2) is 11.9 Å². The van der Waals surface area contributed by atoms with Crippen molar-refractivity contribution in [2.75, 3.05) is 18.5 Å². The summed E-state index contributed by atoms with van der Waals surface area (Å²) in [5.41, 5.74) is 0.923. The highest BCUT2D eigenvalue weighted by atomic mass is 19.1. The SMILES string of the molecule is CNC(=O)[C@H]1CN(C(=O)CCC(=O)c2ccc(F)cc2)c2ccccc2O1. The first-order chi connectivity index (χ1) is 13.0. The van der Waals surface area contributed by atoms with E-state index >= 15 is 0 Å². The number of ether oxygens (including phenoxy) is 1. The van der Waals surface area contributed by atoms with Crippen molar-refractivity contribution in [2.24, 2.45) is 0 Å². The van der Waals surface area contributed by atoms with Gasteiger partial charge >= 0.3 is 0 Å². The molecule has 1 atom stereocenters. The Morgan fingerprint density at radius 3 is 2.52 bits per heavy atom. The highest BCUT2D eigenvalue weighted by Crippen LogP contribution is 2.33. The van der Waals surface area contributed by atoms with Crippen molar-refractivity contribution in [3.63, 3.8) is 0 Å². The number of para-hydroxylation sites is 2. The van der Waals surface area contributed by atoms with Gasteiger partial charge in [-0.05, 0) is 36.4 Å². The maximum Gasteiger partial charge on any atom is 0.262 e. The number of carbonyl (C=O) groups is 3. The van der Waals surface area contributed by atoms with Crippen molar-refractivity contribution in [3.8, 4) is 5.75 Å². The van der Waals surface area contributed by atoms with Gasteiger partial charge in [-0.2, -0.15) is 0 Å². The lowest BCUT2D eigenvalue weighted by Crippen LogP contribution is -2.50. The van der Waals surface area contributed by atoms with Crippen LogP contribution in [0.25, 0.3) is 0 Å². The Morgan fingerprint density at radius 2 is 1.81 bits per heavy atom. The topological polar surface area (TPSA) is 75.7 Å². The monoisotopic (exact) mass is 370 g/mol. The molecule has 2 aromatic rings. The minimum absolute atomic E-state index is 0.00533. The number of rotatable bonds is 5. The second-order valence-electron chi connectivity index (χ2n) is 6.12. The van der Waals surface area contributed by atoms with Crippen molar-refractivity contribution >= 4 is 23.3 Å². The molecule has 2 aromatic carbocycles. The summed E-state index contributed by atoms with van der Waals surface area (Å²) in [6, 6.07) is 12.2. The lowest BCUT2D eigenvalue weighted by molar-refractivity contribution is -0.127. The number of fused-ring (bicyclic) bond motifs is 1. The number of hydrogen-bond donors (Lipinski definition) is 1. The van der Waals surface area contributed by atoms with Gasteiger partial charge in [-0.1, -0.05) is 12.1 Å². The average Bonchev–Trinajstić information content (AvgIpc) is 2.70. The largest absolute Gasteiger partial charge is 0.477 e. The molecule has 0 radical (unpaired) electrons. The van der Waals surface area contributed by atoms with Crippen LogP contribution in [0.2, 0.25) is 0 Å². The highest BCUT2D eigenvalue weighted by Gasteiger charge is 2.33. The molecule has 6 nitrogen and oxygen atoms in total. The number of carbonyl (C=O) groups excluding carboxylic acids is 3. The molecule has 3 rings (SSSR count). The number of nitrogens with zero attached hydrogens (tertiary/aromatic N) is 1. The Hall–Kier alpha value is -3.22. The first kappa shape index (κ1) is 18.6. The van der Waals surface area contributed by atoms with Crippen LogP contribution in [0.4, 0.5) is 10.1 Å². The Labute approximate surface area is 155 Å². The molecule has 0 aliphatic carbocycles. The van der Waals surface area contributed by atoms with Crippen molar-refractivity contribution in [2.45, 2.75) is 18.9 Å². The molecule has 140 valence electrons. The summed E-state index contributed by atoms with van der Waals surface area (Å²) in [6.07, 6.45) is -0.846. The van der Waals surface area contributed by atoms with Gasteiger partial charge in [0.2, 0.25) is 5.91 Å². The first-order valence-corrected chi connectivity index (χ1v) is 8.56. The summed E-state index contributed by atoms with van der Waals surface area (Å²) in [7, 11) is 1.50. The molecule has 0 unspecified atom stereocenters. The fourth-order valence-corrected chi connectivity index (χ4v) is 2.90. The van der Waals surface area contributed by atoms with E-state index in [1.165, 1.54) is 36.2 Å². The van der Waals surface area contributed by atoms with E-state index in [4.69, 9.17) is 4.74 Å². The van der Waals surface area contributed by atoms with E-state index in [9.17, 15) is 18.8 Å². The molecular weight excluding hydrogens is 351 g/mol. The van der Waals surface area contributed by atoms with Gasteiger partial charge in [-0.25, -0.2) is 4.39 Å². The molecule has 0 saturated heterocycles. The molecule has 0 saturated carbocycles. The second kappa shape index (κ2) is 7.99. The fraction of sp³-hybridized carbons (Fsp3) is 0.250. The first-order valence-electron chi connectivity index (χ1n) is 8.56. The van der Waals surface area contributed by atoms with Crippen LogP contribution in [0.1, 0.15) is 23.2 Å². The summed E-state index contributed by atoms with van der Waals surface area (Å²) >= 11 is 0.